The fourth-order valence-corrected chi connectivity index (χ4v) is 4.32. The first kappa shape index (κ1) is 27.3. The zero-order valence-corrected chi connectivity index (χ0v) is 20.5. The van der Waals surface area contributed by atoms with Crippen LogP contribution in [0.2, 0.25) is 5.02 Å². The van der Waals surface area contributed by atoms with Crippen molar-refractivity contribution < 1.29 is 19.1 Å². The van der Waals surface area contributed by atoms with E-state index in [4.69, 9.17) is 23.1 Å². The Balaban J connectivity index is 1.74. The van der Waals surface area contributed by atoms with Gasteiger partial charge in [-0.15, -0.1) is 0 Å². The molecule has 2 atom stereocenters. The second kappa shape index (κ2) is 12.6. The number of carboxylic acids is 1. The predicted molar refractivity (Wildman–Crippen MR) is 137 cm³/mol. The van der Waals surface area contributed by atoms with Gasteiger partial charge in [0.2, 0.25) is 5.43 Å². The van der Waals surface area contributed by atoms with Crippen molar-refractivity contribution in [2.45, 2.75) is 44.7 Å². The number of carbonyl (C=O) groups excluding carboxylic acids is 1. The van der Waals surface area contributed by atoms with Crippen LogP contribution in [0.1, 0.15) is 47.2 Å². The van der Waals surface area contributed by atoms with Gasteiger partial charge >= 0.3 is 5.97 Å². The van der Waals surface area contributed by atoms with Gasteiger partial charge in [-0.2, -0.15) is 0 Å². The van der Waals surface area contributed by atoms with Gasteiger partial charge in [-0.1, -0.05) is 23.7 Å². The van der Waals surface area contributed by atoms with Crippen LogP contribution in [0, 0.1) is 11.7 Å². The highest BCUT2D eigenvalue weighted by atomic mass is 35.5. The lowest BCUT2D eigenvalue weighted by atomic mass is 9.89. The van der Waals surface area contributed by atoms with E-state index in [-0.39, 0.29) is 28.9 Å². The first-order valence-corrected chi connectivity index (χ1v) is 12.1. The summed E-state index contributed by atoms with van der Waals surface area (Å²) < 4.78 is 14.8. The van der Waals surface area contributed by atoms with E-state index < -0.39 is 29.2 Å². The quantitative estimate of drug-likeness (QED) is 0.249. The molecule has 3 aromatic rings. The van der Waals surface area contributed by atoms with Crippen molar-refractivity contribution >= 4 is 34.4 Å². The van der Waals surface area contributed by atoms with E-state index in [1.807, 2.05) is 0 Å². The minimum atomic E-state index is -1.07. The first-order valence-electron chi connectivity index (χ1n) is 11.8. The number of halogens is 2. The molecule has 2 aromatic carbocycles. The number of pyridine rings is 1. The number of amides is 1. The number of H-pyrrole nitrogens is 1. The number of fused-ring (bicyclic) bond motifs is 1. The number of carbonyl (C=O) groups is 2. The molecule has 2 unspecified atom stereocenters. The Hall–Kier alpha value is -3.27. The fraction of sp³-hybridized carbons (Fsp3) is 0.346. The minimum absolute atomic E-state index is 0.0201. The average Bonchev–Trinajstić information content (AvgIpc) is 2.85. The van der Waals surface area contributed by atoms with Gasteiger partial charge in [-0.3, -0.25) is 14.4 Å². The molecular weight excluding hydrogens is 487 g/mol. The second-order valence-corrected chi connectivity index (χ2v) is 9.22. The van der Waals surface area contributed by atoms with Crippen LogP contribution in [-0.2, 0) is 17.8 Å². The number of aryl methyl sites for hydroxylation is 1. The number of carboxylic acid groups (broad SMARTS) is 1. The summed E-state index contributed by atoms with van der Waals surface area (Å²) in [6.45, 7) is 0.642. The largest absolute Gasteiger partial charge is 0.480 e. The molecule has 1 heterocycles. The Kier molecular flexibility index (Phi) is 9.58. The molecule has 192 valence electrons. The maximum atomic E-state index is 14.8. The lowest BCUT2D eigenvalue weighted by molar-refractivity contribution is -0.140. The van der Waals surface area contributed by atoms with Crippen LogP contribution in [0.5, 0.6) is 0 Å². The van der Waals surface area contributed by atoms with Crippen molar-refractivity contribution in [3.8, 4) is 0 Å². The Morgan fingerprint density at radius 2 is 1.81 bits per heavy atom. The standard InChI is InChI=1S/C26H30ClFN4O4/c27-18-8-6-15(7-9-18)13-32-25(34)20-14-31-23-19(24(20)33)11-16(12-21(23)28)3-1-4-17(5-2-10-29)22(30)26(35)36/h6-9,11-12,14,17,22H,1-5,10,13,29-30H2,(H,31,33)(H,32,34)(H,35,36). The Labute approximate surface area is 212 Å². The molecule has 0 spiro atoms. The Morgan fingerprint density at radius 1 is 1.11 bits per heavy atom. The van der Waals surface area contributed by atoms with Crippen LogP contribution in [-0.4, -0.2) is 34.6 Å². The zero-order chi connectivity index (χ0) is 26.2. The number of nitrogens with one attached hydrogen (secondary N) is 2. The highest BCUT2D eigenvalue weighted by Gasteiger charge is 2.23. The number of aromatic amines is 1. The molecule has 10 heteroatoms. The molecular formula is C26H30ClFN4O4. The van der Waals surface area contributed by atoms with Gasteiger partial charge in [0, 0.05) is 23.2 Å². The number of aliphatic carboxylic acids is 1. The van der Waals surface area contributed by atoms with Crippen LogP contribution in [0.3, 0.4) is 0 Å². The lowest BCUT2D eigenvalue weighted by Gasteiger charge is -2.20. The maximum Gasteiger partial charge on any atom is 0.320 e. The number of rotatable bonds is 12. The molecule has 0 saturated heterocycles. The van der Waals surface area contributed by atoms with E-state index >= 15 is 0 Å². The van der Waals surface area contributed by atoms with Gasteiger partial charge in [0.15, 0.2) is 0 Å². The summed E-state index contributed by atoms with van der Waals surface area (Å²) in [5, 5.41) is 12.6. The van der Waals surface area contributed by atoms with Gasteiger partial charge in [0.25, 0.3) is 5.91 Å². The van der Waals surface area contributed by atoms with Crippen LogP contribution >= 0.6 is 11.6 Å². The molecule has 0 aliphatic rings. The smallest absolute Gasteiger partial charge is 0.320 e. The molecule has 36 heavy (non-hydrogen) atoms. The molecule has 1 aromatic heterocycles. The van der Waals surface area contributed by atoms with E-state index in [0.717, 1.165) is 5.56 Å². The normalized spacial score (nSPS) is 12.9. The third-order valence-corrected chi connectivity index (χ3v) is 6.48. The SMILES string of the molecule is NCCCC(CCCc1cc(F)c2[nH]cc(C(=O)NCc3ccc(Cl)cc3)c(=O)c2c1)C(N)C(=O)O. The fourth-order valence-electron chi connectivity index (χ4n) is 4.19. The van der Waals surface area contributed by atoms with Crippen LogP contribution < -0.4 is 22.2 Å². The van der Waals surface area contributed by atoms with Crippen molar-refractivity contribution in [2.24, 2.45) is 17.4 Å². The summed E-state index contributed by atoms with van der Waals surface area (Å²) in [6.07, 6.45) is 3.96. The summed E-state index contributed by atoms with van der Waals surface area (Å²) in [7, 11) is 0. The van der Waals surface area contributed by atoms with Gasteiger partial charge in [0.1, 0.15) is 17.4 Å². The number of hydrogen-bond donors (Lipinski definition) is 5. The predicted octanol–water partition coefficient (Wildman–Crippen LogP) is 3.34. The van der Waals surface area contributed by atoms with Crippen molar-refractivity contribution in [3.05, 3.63) is 80.3 Å². The van der Waals surface area contributed by atoms with Gasteiger partial charge < -0.3 is 26.9 Å². The number of nitrogens with two attached hydrogens (primary N) is 2. The number of hydrogen-bond acceptors (Lipinski definition) is 5. The Bertz CT molecular complexity index is 1280. The monoisotopic (exact) mass is 516 g/mol. The van der Waals surface area contributed by atoms with E-state index in [1.54, 1.807) is 30.3 Å². The van der Waals surface area contributed by atoms with Gasteiger partial charge in [0.05, 0.1) is 5.52 Å². The highest BCUT2D eigenvalue weighted by Crippen LogP contribution is 2.21. The highest BCUT2D eigenvalue weighted by molar-refractivity contribution is 6.30. The van der Waals surface area contributed by atoms with Crippen LogP contribution in [0.25, 0.3) is 10.9 Å². The van der Waals surface area contributed by atoms with E-state index in [2.05, 4.69) is 10.3 Å². The van der Waals surface area contributed by atoms with E-state index in [0.29, 0.717) is 49.2 Å². The molecule has 0 bridgehead atoms. The molecule has 3 rings (SSSR count). The molecule has 7 N–H and O–H groups in total. The van der Waals surface area contributed by atoms with Crippen molar-refractivity contribution in [1.29, 1.82) is 0 Å². The topological polar surface area (TPSA) is 151 Å². The van der Waals surface area contributed by atoms with Gasteiger partial charge in [-0.05, 0) is 80.0 Å². The Morgan fingerprint density at radius 3 is 2.47 bits per heavy atom. The lowest BCUT2D eigenvalue weighted by Crippen LogP contribution is -2.38. The molecule has 0 radical (unpaired) electrons. The molecule has 0 aliphatic carbocycles. The zero-order valence-electron chi connectivity index (χ0n) is 19.7. The molecule has 0 aliphatic heterocycles. The molecule has 0 saturated carbocycles. The molecule has 8 nitrogen and oxygen atoms in total. The summed E-state index contributed by atoms with van der Waals surface area (Å²) in [5.41, 5.74) is 12.1. The average molecular weight is 517 g/mol. The first-order chi connectivity index (χ1) is 17.2. The summed E-state index contributed by atoms with van der Waals surface area (Å²) in [4.78, 5) is 39.7. The van der Waals surface area contributed by atoms with Crippen molar-refractivity contribution in [2.75, 3.05) is 6.54 Å². The van der Waals surface area contributed by atoms with Crippen LogP contribution in [0.4, 0.5) is 4.39 Å². The second-order valence-electron chi connectivity index (χ2n) is 8.79. The third-order valence-electron chi connectivity index (χ3n) is 6.22. The van der Waals surface area contributed by atoms with Crippen LogP contribution in [0.15, 0.2) is 47.4 Å². The number of aromatic nitrogens is 1. The number of benzene rings is 2. The summed E-state index contributed by atoms with van der Waals surface area (Å²) in [6, 6.07) is 8.83. The van der Waals surface area contributed by atoms with Gasteiger partial charge in [-0.25, -0.2) is 4.39 Å². The van der Waals surface area contributed by atoms with Crippen molar-refractivity contribution in [1.82, 2.24) is 10.3 Å². The van der Waals surface area contributed by atoms with Crippen molar-refractivity contribution in [3.63, 3.8) is 0 Å². The minimum Gasteiger partial charge on any atom is -0.480 e. The molecule has 0 fully saturated rings. The van der Waals surface area contributed by atoms with E-state index in [9.17, 15) is 23.9 Å². The van der Waals surface area contributed by atoms with E-state index in [1.165, 1.54) is 12.3 Å². The maximum absolute atomic E-state index is 14.8. The summed E-state index contributed by atoms with van der Waals surface area (Å²) >= 11 is 5.87. The summed E-state index contributed by atoms with van der Waals surface area (Å²) in [5.74, 6) is -2.50. The third kappa shape index (κ3) is 6.90. The molecule has 1 amide bonds.